The lowest BCUT2D eigenvalue weighted by Crippen LogP contribution is -2.23. The van der Waals surface area contributed by atoms with E-state index in [1.807, 2.05) is 19.9 Å². The quantitative estimate of drug-likeness (QED) is 0.688. The average Bonchev–Trinajstić information content (AvgIpc) is 2.65. The van der Waals surface area contributed by atoms with Gasteiger partial charge in [-0.1, -0.05) is 0 Å². The van der Waals surface area contributed by atoms with Crippen molar-refractivity contribution >= 4 is 58.9 Å². The van der Waals surface area contributed by atoms with E-state index in [2.05, 4.69) is 36.6 Å². The van der Waals surface area contributed by atoms with Crippen LogP contribution in [-0.2, 0) is 16.6 Å². The first-order chi connectivity index (χ1) is 9.70. The molecule has 0 atom stereocenters. The summed E-state index contributed by atoms with van der Waals surface area (Å²) >= 11 is 8.09. The number of hydrogen-bond acceptors (Lipinski definition) is 4. The molecule has 1 aromatic heterocycles. The summed E-state index contributed by atoms with van der Waals surface area (Å²) < 4.78 is 28.4. The molecule has 0 amide bonds. The van der Waals surface area contributed by atoms with Crippen molar-refractivity contribution in [2.24, 2.45) is 0 Å². The van der Waals surface area contributed by atoms with Crippen LogP contribution in [0, 0.1) is 13.8 Å². The second-order valence-corrected chi connectivity index (χ2v) is 9.34. The molecule has 21 heavy (non-hydrogen) atoms. The Labute approximate surface area is 145 Å². The fourth-order valence-corrected chi connectivity index (χ4v) is 6.52. The number of nitrogens with one attached hydrogen (secondary N) is 1. The van der Waals surface area contributed by atoms with E-state index in [0.717, 1.165) is 4.88 Å². The van der Waals surface area contributed by atoms with Crippen molar-refractivity contribution in [1.82, 2.24) is 4.72 Å². The number of halogens is 2. The molecule has 1 aromatic carbocycles. The maximum atomic E-state index is 12.4. The molecular formula is C13H14Br2N2O2S2. The SMILES string of the molecule is Cc1cc(CNS(=O)(=O)c2c(Br)cc(N)cc2Br)sc1C. The van der Waals surface area contributed by atoms with Crippen molar-refractivity contribution in [3.8, 4) is 0 Å². The van der Waals surface area contributed by atoms with Gasteiger partial charge in [-0.3, -0.25) is 0 Å². The molecule has 8 heteroatoms. The molecule has 0 radical (unpaired) electrons. The van der Waals surface area contributed by atoms with Gasteiger partial charge in [0.25, 0.3) is 0 Å². The summed E-state index contributed by atoms with van der Waals surface area (Å²) in [6.07, 6.45) is 0. The first-order valence-corrected chi connectivity index (χ1v) is 9.89. The monoisotopic (exact) mass is 452 g/mol. The zero-order valence-electron chi connectivity index (χ0n) is 11.4. The van der Waals surface area contributed by atoms with E-state index >= 15 is 0 Å². The summed E-state index contributed by atoms with van der Waals surface area (Å²) in [7, 11) is -3.63. The molecule has 1 heterocycles. The lowest BCUT2D eigenvalue weighted by atomic mass is 10.3. The van der Waals surface area contributed by atoms with Gasteiger partial charge >= 0.3 is 0 Å². The van der Waals surface area contributed by atoms with Crippen molar-refractivity contribution in [3.05, 3.63) is 42.5 Å². The van der Waals surface area contributed by atoms with Crippen LogP contribution < -0.4 is 10.5 Å². The molecule has 0 aliphatic carbocycles. The van der Waals surface area contributed by atoms with Crippen molar-refractivity contribution in [2.45, 2.75) is 25.3 Å². The van der Waals surface area contributed by atoms with Gasteiger partial charge in [0.05, 0.1) is 0 Å². The van der Waals surface area contributed by atoms with Crippen LogP contribution in [0.15, 0.2) is 32.0 Å². The Morgan fingerprint density at radius 2 is 1.76 bits per heavy atom. The number of nitrogens with two attached hydrogens (primary N) is 1. The van der Waals surface area contributed by atoms with Gasteiger partial charge in [0.2, 0.25) is 10.0 Å². The van der Waals surface area contributed by atoms with Crippen molar-refractivity contribution < 1.29 is 8.42 Å². The molecule has 2 aromatic rings. The highest BCUT2D eigenvalue weighted by atomic mass is 79.9. The molecule has 3 N–H and O–H groups in total. The third kappa shape index (κ3) is 3.87. The Kier molecular flexibility index (Phi) is 5.15. The Balaban J connectivity index is 2.27. The number of hydrogen-bond donors (Lipinski definition) is 2. The minimum atomic E-state index is -3.63. The van der Waals surface area contributed by atoms with Gasteiger partial charge in [0.1, 0.15) is 4.90 Å². The van der Waals surface area contributed by atoms with E-state index in [1.165, 1.54) is 10.4 Å². The third-order valence-corrected chi connectivity index (χ3v) is 7.37. The minimum Gasteiger partial charge on any atom is -0.399 e. The molecule has 0 unspecified atom stereocenters. The molecular weight excluding hydrogens is 440 g/mol. The Bertz CT molecular complexity index is 743. The van der Waals surface area contributed by atoms with Gasteiger partial charge in [-0.05, 0) is 69.5 Å². The maximum Gasteiger partial charge on any atom is 0.243 e. The lowest BCUT2D eigenvalue weighted by molar-refractivity contribution is 0.581. The van der Waals surface area contributed by atoms with E-state index in [-0.39, 0.29) is 11.4 Å². The van der Waals surface area contributed by atoms with E-state index in [9.17, 15) is 8.42 Å². The van der Waals surface area contributed by atoms with Crippen LogP contribution >= 0.6 is 43.2 Å². The van der Waals surface area contributed by atoms with Crippen LogP contribution in [0.4, 0.5) is 5.69 Å². The molecule has 114 valence electrons. The zero-order chi connectivity index (χ0) is 15.8. The molecule has 0 spiro atoms. The summed E-state index contributed by atoms with van der Waals surface area (Å²) in [6, 6.07) is 5.13. The number of sulfonamides is 1. The van der Waals surface area contributed by atoms with Crippen LogP contribution in [0.1, 0.15) is 15.3 Å². The van der Waals surface area contributed by atoms with E-state index in [0.29, 0.717) is 14.6 Å². The normalized spacial score (nSPS) is 11.8. The number of nitrogen functional groups attached to an aromatic ring is 1. The van der Waals surface area contributed by atoms with Crippen molar-refractivity contribution in [3.63, 3.8) is 0 Å². The molecule has 0 saturated heterocycles. The van der Waals surface area contributed by atoms with Gasteiger partial charge in [-0.25, -0.2) is 13.1 Å². The number of thiophene rings is 1. The van der Waals surface area contributed by atoms with Crippen LogP contribution in [0.3, 0.4) is 0 Å². The van der Waals surface area contributed by atoms with Gasteiger partial charge in [0, 0.05) is 30.9 Å². The Hall–Kier alpha value is -0.410. The van der Waals surface area contributed by atoms with E-state index in [4.69, 9.17) is 5.73 Å². The van der Waals surface area contributed by atoms with Crippen LogP contribution in [0.5, 0.6) is 0 Å². The summed E-state index contributed by atoms with van der Waals surface area (Å²) in [6.45, 7) is 4.30. The first kappa shape index (κ1) is 17.0. The average molecular weight is 454 g/mol. The van der Waals surface area contributed by atoms with Crippen LogP contribution in [0.2, 0.25) is 0 Å². The molecule has 4 nitrogen and oxygen atoms in total. The number of anilines is 1. The fraction of sp³-hybridized carbons (Fsp3) is 0.231. The highest BCUT2D eigenvalue weighted by molar-refractivity contribution is 9.11. The second-order valence-electron chi connectivity index (χ2n) is 4.59. The highest BCUT2D eigenvalue weighted by Gasteiger charge is 2.21. The number of benzene rings is 1. The molecule has 0 aliphatic heterocycles. The minimum absolute atomic E-state index is 0.154. The van der Waals surface area contributed by atoms with Gasteiger partial charge in [0.15, 0.2) is 0 Å². The predicted molar refractivity (Wildman–Crippen MR) is 94.1 cm³/mol. The number of rotatable bonds is 4. The summed E-state index contributed by atoms with van der Waals surface area (Å²) in [5.74, 6) is 0. The predicted octanol–water partition coefficient (Wildman–Crippen LogP) is 3.95. The largest absolute Gasteiger partial charge is 0.399 e. The summed E-state index contributed by atoms with van der Waals surface area (Å²) in [4.78, 5) is 2.33. The van der Waals surface area contributed by atoms with Gasteiger partial charge < -0.3 is 5.73 Å². The smallest absolute Gasteiger partial charge is 0.243 e. The van der Waals surface area contributed by atoms with E-state index in [1.54, 1.807) is 23.5 Å². The third-order valence-electron chi connectivity index (χ3n) is 2.94. The molecule has 0 bridgehead atoms. The topological polar surface area (TPSA) is 72.2 Å². The summed E-state index contributed by atoms with van der Waals surface area (Å²) in [5.41, 5.74) is 7.34. The molecule has 0 aliphatic rings. The van der Waals surface area contributed by atoms with Crippen LogP contribution in [-0.4, -0.2) is 8.42 Å². The Morgan fingerprint density at radius 1 is 1.19 bits per heavy atom. The van der Waals surface area contributed by atoms with Gasteiger partial charge in [-0.2, -0.15) is 0 Å². The van der Waals surface area contributed by atoms with Crippen LogP contribution in [0.25, 0.3) is 0 Å². The van der Waals surface area contributed by atoms with Gasteiger partial charge in [-0.15, -0.1) is 11.3 Å². The summed E-state index contributed by atoms with van der Waals surface area (Å²) in [5, 5.41) is 0. The van der Waals surface area contributed by atoms with E-state index < -0.39 is 10.0 Å². The first-order valence-electron chi connectivity index (χ1n) is 6.01. The molecule has 0 fully saturated rings. The second kappa shape index (κ2) is 6.37. The van der Waals surface area contributed by atoms with Crippen molar-refractivity contribution in [2.75, 3.05) is 5.73 Å². The highest BCUT2D eigenvalue weighted by Crippen LogP contribution is 2.32. The lowest BCUT2D eigenvalue weighted by Gasteiger charge is -2.10. The number of aryl methyl sites for hydroxylation is 2. The van der Waals surface area contributed by atoms with Crippen molar-refractivity contribution in [1.29, 1.82) is 0 Å². The molecule has 0 saturated carbocycles. The Morgan fingerprint density at radius 3 is 2.24 bits per heavy atom. The zero-order valence-corrected chi connectivity index (χ0v) is 16.2. The fourth-order valence-electron chi connectivity index (χ4n) is 1.81. The standard InChI is InChI=1S/C13H14Br2N2O2S2/c1-7-3-10(20-8(7)2)6-17-21(18,19)13-11(14)4-9(16)5-12(13)15/h3-5,17H,6,16H2,1-2H3. The maximum absolute atomic E-state index is 12.4. The molecule has 2 rings (SSSR count).